The molecule has 5 nitrogen and oxygen atoms in total. The summed E-state index contributed by atoms with van der Waals surface area (Å²) in [6.07, 6.45) is -2.17. The van der Waals surface area contributed by atoms with Crippen molar-refractivity contribution < 1.29 is 22.7 Å². The molecule has 0 saturated heterocycles. The van der Waals surface area contributed by atoms with Crippen LogP contribution in [0.2, 0.25) is 0 Å². The minimum absolute atomic E-state index is 0.161. The van der Waals surface area contributed by atoms with Gasteiger partial charge in [-0.15, -0.1) is 0 Å². The van der Waals surface area contributed by atoms with Crippen molar-refractivity contribution in [3.05, 3.63) is 41.1 Å². The van der Waals surface area contributed by atoms with Crippen LogP contribution in [0.3, 0.4) is 0 Å². The van der Waals surface area contributed by atoms with Crippen LogP contribution in [-0.2, 0) is 4.74 Å². The second-order valence-electron chi connectivity index (χ2n) is 4.52. The quantitative estimate of drug-likeness (QED) is 0.563. The number of hydrogen-bond acceptors (Lipinski definition) is 4. The van der Waals surface area contributed by atoms with E-state index in [1.807, 2.05) is 28.8 Å². The SMILES string of the molecule is O=C(NCCSc1nccn1-c1ccc(Br)cc1)OCC(F)(F)F. The van der Waals surface area contributed by atoms with E-state index in [1.54, 1.807) is 12.4 Å². The number of aromatic nitrogens is 2. The fourth-order valence-corrected chi connectivity index (χ4v) is 2.78. The smallest absolute Gasteiger partial charge is 0.422 e. The first kappa shape index (κ1) is 18.7. The van der Waals surface area contributed by atoms with E-state index < -0.39 is 18.9 Å². The number of carbonyl (C=O) groups is 1. The highest BCUT2D eigenvalue weighted by Crippen LogP contribution is 2.21. The van der Waals surface area contributed by atoms with E-state index >= 15 is 0 Å². The number of alkyl carbamates (subject to hydrolysis) is 1. The lowest BCUT2D eigenvalue weighted by Crippen LogP contribution is -2.30. The first-order valence-electron chi connectivity index (χ1n) is 6.74. The fourth-order valence-electron chi connectivity index (χ4n) is 1.69. The summed E-state index contributed by atoms with van der Waals surface area (Å²) in [4.78, 5) is 15.3. The Morgan fingerprint density at radius 2 is 2.04 bits per heavy atom. The Morgan fingerprint density at radius 1 is 1.33 bits per heavy atom. The van der Waals surface area contributed by atoms with Gasteiger partial charge in [0.2, 0.25) is 0 Å². The molecule has 10 heteroatoms. The second kappa shape index (κ2) is 8.43. The summed E-state index contributed by atoms with van der Waals surface area (Å²) in [5, 5.41) is 2.97. The third-order valence-electron chi connectivity index (χ3n) is 2.68. The van der Waals surface area contributed by atoms with Gasteiger partial charge in [0.05, 0.1) is 0 Å². The molecule has 1 aromatic carbocycles. The van der Waals surface area contributed by atoms with Gasteiger partial charge in [0.1, 0.15) is 0 Å². The third kappa shape index (κ3) is 6.08. The predicted octanol–water partition coefficient (Wildman–Crippen LogP) is 4.02. The van der Waals surface area contributed by atoms with Crippen molar-refractivity contribution in [1.82, 2.24) is 14.9 Å². The number of thioether (sulfide) groups is 1. The van der Waals surface area contributed by atoms with E-state index in [-0.39, 0.29) is 6.54 Å². The number of halogens is 4. The lowest BCUT2D eigenvalue weighted by atomic mass is 10.3. The Morgan fingerprint density at radius 3 is 2.71 bits per heavy atom. The van der Waals surface area contributed by atoms with E-state index in [9.17, 15) is 18.0 Å². The van der Waals surface area contributed by atoms with E-state index in [0.29, 0.717) is 10.9 Å². The number of imidazole rings is 1. The number of rotatable bonds is 6. The number of hydrogen-bond donors (Lipinski definition) is 1. The second-order valence-corrected chi connectivity index (χ2v) is 6.50. The zero-order valence-corrected chi connectivity index (χ0v) is 14.6. The Bertz CT molecular complexity index is 677. The molecule has 130 valence electrons. The molecule has 0 aliphatic heterocycles. The minimum Gasteiger partial charge on any atom is -0.440 e. The van der Waals surface area contributed by atoms with Crippen LogP contribution in [-0.4, -0.2) is 40.7 Å². The van der Waals surface area contributed by atoms with Gasteiger partial charge in [0.25, 0.3) is 0 Å². The van der Waals surface area contributed by atoms with Crippen LogP contribution in [0.1, 0.15) is 0 Å². The van der Waals surface area contributed by atoms with Gasteiger partial charge in [-0.2, -0.15) is 13.2 Å². The predicted molar refractivity (Wildman–Crippen MR) is 87.4 cm³/mol. The van der Waals surface area contributed by atoms with Crippen molar-refractivity contribution in [2.24, 2.45) is 0 Å². The first-order chi connectivity index (χ1) is 11.3. The van der Waals surface area contributed by atoms with Crippen LogP contribution in [0.5, 0.6) is 0 Å². The zero-order valence-electron chi connectivity index (χ0n) is 12.2. The molecular weight excluding hydrogens is 411 g/mol. The summed E-state index contributed by atoms with van der Waals surface area (Å²) < 4.78 is 42.6. The molecule has 0 aliphatic carbocycles. The maximum absolute atomic E-state index is 11.9. The van der Waals surface area contributed by atoms with Gasteiger partial charge in [0.15, 0.2) is 11.8 Å². The average molecular weight is 424 g/mol. The number of ether oxygens (including phenoxy) is 1. The van der Waals surface area contributed by atoms with Crippen LogP contribution >= 0.6 is 27.7 Å². The van der Waals surface area contributed by atoms with Gasteiger partial charge >= 0.3 is 12.3 Å². The molecule has 0 spiro atoms. The fraction of sp³-hybridized carbons (Fsp3) is 0.286. The van der Waals surface area contributed by atoms with Crippen molar-refractivity contribution in [3.63, 3.8) is 0 Å². The molecule has 0 aliphatic rings. The number of nitrogens with zero attached hydrogens (tertiary/aromatic N) is 2. The molecule has 0 radical (unpaired) electrons. The molecule has 1 aromatic heterocycles. The standard InChI is InChI=1S/C14H13BrF3N3O2S/c15-10-1-3-11(4-2-10)21-7-5-19-12(21)24-8-6-20-13(22)23-9-14(16,17)18/h1-5,7H,6,8-9H2,(H,20,22). The molecule has 1 heterocycles. The summed E-state index contributed by atoms with van der Waals surface area (Å²) in [5.41, 5.74) is 0.927. The molecule has 24 heavy (non-hydrogen) atoms. The Labute approximate surface area is 148 Å². The number of carbonyl (C=O) groups excluding carboxylic acids is 1. The summed E-state index contributed by atoms with van der Waals surface area (Å²) in [5.74, 6) is 0.439. The average Bonchev–Trinajstić information content (AvgIpc) is 2.98. The summed E-state index contributed by atoms with van der Waals surface area (Å²) in [6.45, 7) is -1.44. The Kier molecular flexibility index (Phi) is 6.55. The molecular formula is C14H13BrF3N3O2S. The van der Waals surface area contributed by atoms with Crippen LogP contribution < -0.4 is 5.32 Å². The Balaban J connectivity index is 1.79. The maximum Gasteiger partial charge on any atom is 0.422 e. The highest BCUT2D eigenvalue weighted by atomic mass is 79.9. The van der Waals surface area contributed by atoms with Gasteiger partial charge in [-0.25, -0.2) is 9.78 Å². The van der Waals surface area contributed by atoms with Gasteiger partial charge in [0, 0.05) is 34.9 Å². The molecule has 2 rings (SSSR count). The molecule has 2 aromatic rings. The molecule has 0 fully saturated rings. The lowest BCUT2D eigenvalue weighted by molar-refractivity contribution is -0.160. The van der Waals surface area contributed by atoms with Crippen LogP contribution in [0, 0.1) is 0 Å². The summed E-state index contributed by atoms with van der Waals surface area (Å²) >= 11 is 4.73. The zero-order chi connectivity index (χ0) is 17.6. The van der Waals surface area contributed by atoms with Crippen molar-refractivity contribution in [1.29, 1.82) is 0 Å². The molecule has 0 atom stereocenters. The summed E-state index contributed by atoms with van der Waals surface area (Å²) in [6, 6.07) is 7.65. The topological polar surface area (TPSA) is 56.2 Å². The molecule has 0 saturated carbocycles. The van der Waals surface area contributed by atoms with Gasteiger partial charge < -0.3 is 10.1 Å². The first-order valence-corrected chi connectivity index (χ1v) is 8.52. The van der Waals surface area contributed by atoms with Crippen molar-refractivity contribution in [2.45, 2.75) is 11.3 Å². The van der Waals surface area contributed by atoms with Crippen molar-refractivity contribution in [2.75, 3.05) is 18.9 Å². The number of amides is 1. The number of benzene rings is 1. The number of alkyl halides is 3. The van der Waals surface area contributed by atoms with E-state index in [4.69, 9.17) is 0 Å². The highest BCUT2D eigenvalue weighted by molar-refractivity contribution is 9.10. The molecule has 1 N–H and O–H groups in total. The van der Waals surface area contributed by atoms with Gasteiger partial charge in [-0.05, 0) is 24.3 Å². The maximum atomic E-state index is 11.9. The monoisotopic (exact) mass is 423 g/mol. The van der Waals surface area contributed by atoms with E-state index in [0.717, 1.165) is 10.2 Å². The van der Waals surface area contributed by atoms with E-state index in [1.165, 1.54) is 11.8 Å². The van der Waals surface area contributed by atoms with Crippen molar-refractivity contribution >= 4 is 33.8 Å². The van der Waals surface area contributed by atoms with Crippen molar-refractivity contribution in [3.8, 4) is 5.69 Å². The van der Waals surface area contributed by atoms with Crippen LogP contribution in [0.15, 0.2) is 46.3 Å². The molecule has 0 unspecified atom stereocenters. The molecule has 0 bridgehead atoms. The van der Waals surface area contributed by atoms with Gasteiger partial charge in [-0.3, -0.25) is 4.57 Å². The molecule has 1 amide bonds. The largest absolute Gasteiger partial charge is 0.440 e. The highest BCUT2D eigenvalue weighted by Gasteiger charge is 2.29. The normalized spacial score (nSPS) is 11.3. The van der Waals surface area contributed by atoms with Crippen LogP contribution in [0.25, 0.3) is 5.69 Å². The van der Waals surface area contributed by atoms with Crippen LogP contribution in [0.4, 0.5) is 18.0 Å². The number of nitrogens with one attached hydrogen (secondary N) is 1. The van der Waals surface area contributed by atoms with Gasteiger partial charge in [-0.1, -0.05) is 27.7 Å². The summed E-state index contributed by atoms with van der Waals surface area (Å²) in [7, 11) is 0. The minimum atomic E-state index is -4.53. The third-order valence-corrected chi connectivity index (χ3v) is 4.18. The lowest BCUT2D eigenvalue weighted by Gasteiger charge is -2.09. The van der Waals surface area contributed by atoms with E-state index in [2.05, 4.69) is 31.0 Å². The Hall–Kier alpha value is -1.68.